The van der Waals surface area contributed by atoms with E-state index < -0.39 is 6.10 Å². The smallest absolute Gasteiger partial charge is 0.125 e. The number of ether oxygens (including phenoxy) is 1. The van der Waals surface area contributed by atoms with Crippen LogP contribution in [0.15, 0.2) is 36.4 Å². The highest BCUT2D eigenvalue weighted by Gasteiger charge is 2.10. The van der Waals surface area contributed by atoms with Crippen molar-refractivity contribution in [3.8, 4) is 5.75 Å². The molecule has 106 valence electrons. The maximum Gasteiger partial charge on any atom is 0.125 e. The summed E-state index contributed by atoms with van der Waals surface area (Å²) < 4.78 is 5.97. The van der Waals surface area contributed by atoms with E-state index in [-0.39, 0.29) is 0 Å². The summed E-state index contributed by atoms with van der Waals surface area (Å²) in [5, 5.41) is 9.82. The maximum absolute atomic E-state index is 9.82. The lowest BCUT2D eigenvalue weighted by Gasteiger charge is -2.16. The molecule has 1 atom stereocenters. The van der Waals surface area contributed by atoms with E-state index in [4.69, 9.17) is 4.74 Å². The van der Waals surface area contributed by atoms with Gasteiger partial charge in [0.05, 0.1) is 6.10 Å². The molecule has 2 aromatic rings. The first-order valence-corrected chi connectivity index (χ1v) is 6.95. The molecule has 20 heavy (non-hydrogen) atoms. The lowest BCUT2D eigenvalue weighted by atomic mass is 10.0. The highest BCUT2D eigenvalue weighted by atomic mass is 16.5. The van der Waals surface area contributed by atoms with Crippen molar-refractivity contribution >= 4 is 0 Å². The molecule has 0 bridgehead atoms. The van der Waals surface area contributed by atoms with Gasteiger partial charge in [-0.05, 0) is 56.0 Å². The molecule has 2 nitrogen and oxygen atoms in total. The number of aryl methyl sites for hydroxylation is 3. The molecule has 2 heteroatoms. The molecule has 0 saturated heterocycles. The summed E-state index contributed by atoms with van der Waals surface area (Å²) >= 11 is 0. The van der Waals surface area contributed by atoms with Crippen molar-refractivity contribution in [3.05, 3.63) is 64.2 Å². The van der Waals surface area contributed by atoms with Crippen LogP contribution in [0.2, 0.25) is 0 Å². The van der Waals surface area contributed by atoms with Crippen molar-refractivity contribution in [3.63, 3.8) is 0 Å². The predicted octanol–water partition coefficient (Wildman–Crippen LogP) is 4.24. The van der Waals surface area contributed by atoms with E-state index in [1.165, 1.54) is 16.7 Å². The van der Waals surface area contributed by atoms with Crippen LogP contribution in [0.5, 0.6) is 5.75 Å². The van der Waals surface area contributed by atoms with Gasteiger partial charge in [0, 0.05) is 5.56 Å². The van der Waals surface area contributed by atoms with E-state index in [1.54, 1.807) is 6.92 Å². The molecule has 0 radical (unpaired) electrons. The van der Waals surface area contributed by atoms with Crippen LogP contribution in [0, 0.1) is 20.8 Å². The molecule has 0 aliphatic heterocycles. The summed E-state index contributed by atoms with van der Waals surface area (Å²) in [6.07, 6.45) is -0.524. The third-order valence-electron chi connectivity index (χ3n) is 3.64. The average Bonchev–Trinajstić information content (AvgIpc) is 2.37. The maximum atomic E-state index is 9.82. The Balaban J connectivity index is 2.25. The number of aliphatic hydroxyl groups is 1. The van der Waals surface area contributed by atoms with Crippen LogP contribution < -0.4 is 4.74 Å². The molecule has 2 aromatic carbocycles. The standard InChI is InChI=1S/C18H22O2/c1-12-8-9-16(15(4)19)18(10-12)20-11-17-13(2)6-5-7-14(17)3/h5-10,15,19H,11H2,1-4H3/t15-/m1/s1. The second-order valence-corrected chi connectivity index (χ2v) is 5.38. The van der Waals surface area contributed by atoms with E-state index in [1.807, 2.05) is 25.1 Å². The zero-order chi connectivity index (χ0) is 14.7. The fourth-order valence-electron chi connectivity index (χ4n) is 2.34. The zero-order valence-electron chi connectivity index (χ0n) is 12.6. The zero-order valence-corrected chi connectivity index (χ0v) is 12.6. The van der Waals surface area contributed by atoms with Crippen molar-refractivity contribution in [1.82, 2.24) is 0 Å². The van der Waals surface area contributed by atoms with Crippen LogP contribution in [0.1, 0.15) is 40.8 Å². The third-order valence-corrected chi connectivity index (χ3v) is 3.64. The van der Waals surface area contributed by atoms with Crippen molar-refractivity contribution in [1.29, 1.82) is 0 Å². The molecule has 0 saturated carbocycles. The van der Waals surface area contributed by atoms with Gasteiger partial charge in [0.25, 0.3) is 0 Å². The molecule has 0 aliphatic rings. The van der Waals surface area contributed by atoms with Gasteiger partial charge in [0.15, 0.2) is 0 Å². The fourth-order valence-corrected chi connectivity index (χ4v) is 2.34. The first-order chi connectivity index (χ1) is 9.49. The highest BCUT2D eigenvalue weighted by molar-refractivity contribution is 5.39. The summed E-state index contributed by atoms with van der Waals surface area (Å²) in [5.74, 6) is 0.766. The Hall–Kier alpha value is -1.80. The van der Waals surface area contributed by atoms with E-state index in [0.717, 1.165) is 16.9 Å². The van der Waals surface area contributed by atoms with Gasteiger partial charge >= 0.3 is 0 Å². The summed E-state index contributed by atoms with van der Waals surface area (Å²) in [5.41, 5.74) is 5.64. The molecule has 1 N–H and O–H groups in total. The van der Waals surface area contributed by atoms with Crippen molar-refractivity contribution in [2.45, 2.75) is 40.4 Å². The summed E-state index contributed by atoms with van der Waals surface area (Å²) in [7, 11) is 0. The first-order valence-electron chi connectivity index (χ1n) is 6.95. The minimum absolute atomic E-state index is 0.524. The van der Waals surface area contributed by atoms with Crippen molar-refractivity contribution < 1.29 is 9.84 Å². The minimum atomic E-state index is -0.524. The van der Waals surface area contributed by atoms with Crippen LogP contribution in [-0.4, -0.2) is 5.11 Å². The second kappa shape index (κ2) is 6.10. The van der Waals surface area contributed by atoms with Gasteiger partial charge in [-0.25, -0.2) is 0 Å². The Morgan fingerprint density at radius 1 is 1.05 bits per heavy atom. The Labute approximate surface area is 121 Å². The number of benzene rings is 2. The number of hydrogen-bond donors (Lipinski definition) is 1. The van der Waals surface area contributed by atoms with Gasteiger partial charge in [0.2, 0.25) is 0 Å². The number of hydrogen-bond acceptors (Lipinski definition) is 2. The Morgan fingerprint density at radius 3 is 2.30 bits per heavy atom. The van der Waals surface area contributed by atoms with Gasteiger partial charge in [0.1, 0.15) is 12.4 Å². The van der Waals surface area contributed by atoms with Gasteiger partial charge in [-0.3, -0.25) is 0 Å². The highest BCUT2D eigenvalue weighted by Crippen LogP contribution is 2.27. The third kappa shape index (κ3) is 3.20. The Bertz CT molecular complexity index is 580. The van der Waals surface area contributed by atoms with E-state index >= 15 is 0 Å². The summed E-state index contributed by atoms with van der Waals surface area (Å²) in [6.45, 7) is 8.50. The topological polar surface area (TPSA) is 29.5 Å². The fraction of sp³-hybridized carbons (Fsp3) is 0.333. The van der Waals surface area contributed by atoms with Crippen LogP contribution in [0.25, 0.3) is 0 Å². The molecule has 0 aromatic heterocycles. The minimum Gasteiger partial charge on any atom is -0.488 e. The summed E-state index contributed by atoms with van der Waals surface area (Å²) in [6, 6.07) is 12.2. The normalized spacial score (nSPS) is 12.2. The SMILES string of the molecule is Cc1ccc([C@@H](C)O)c(OCc2c(C)cccc2C)c1. The largest absolute Gasteiger partial charge is 0.488 e. The van der Waals surface area contributed by atoms with Crippen LogP contribution in [0.3, 0.4) is 0 Å². The Kier molecular flexibility index (Phi) is 4.46. The van der Waals surface area contributed by atoms with Crippen LogP contribution in [-0.2, 0) is 6.61 Å². The van der Waals surface area contributed by atoms with Gasteiger partial charge < -0.3 is 9.84 Å². The van der Waals surface area contributed by atoms with Crippen molar-refractivity contribution in [2.75, 3.05) is 0 Å². The van der Waals surface area contributed by atoms with Crippen LogP contribution >= 0.6 is 0 Å². The van der Waals surface area contributed by atoms with E-state index in [9.17, 15) is 5.11 Å². The molecular formula is C18H22O2. The molecular weight excluding hydrogens is 248 g/mol. The molecule has 0 heterocycles. The monoisotopic (exact) mass is 270 g/mol. The summed E-state index contributed by atoms with van der Waals surface area (Å²) in [4.78, 5) is 0. The number of rotatable bonds is 4. The lowest BCUT2D eigenvalue weighted by Crippen LogP contribution is -2.04. The first kappa shape index (κ1) is 14.6. The predicted molar refractivity (Wildman–Crippen MR) is 82.1 cm³/mol. The lowest BCUT2D eigenvalue weighted by molar-refractivity contribution is 0.190. The molecule has 0 spiro atoms. The van der Waals surface area contributed by atoms with Gasteiger partial charge in [-0.15, -0.1) is 0 Å². The van der Waals surface area contributed by atoms with Gasteiger partial charge in [-0.2, -0.15) is 0 Å². The quantitative estimate of drug-likeness (QED) is 0.900. The molecule has 0 amide bonds. The van der Waals surface area contributed by atoms with E-state index in [0.29, 0.717) is 6.61 Å². The average molecular weight is 270 g/mol. The molecule has 0 fully saturated rings. The van der Waals surface area contributed by atoms with Crippen LogP contribution in [0.4, 0.5) is 0 Å². The molecule has 0 aliphatic carbocycles. The molecule has 0 unspecified atom stereocenters. The Morgan fingerprint density at radius 2 is 1.70 bits per heavy atom. The van der Waals surface area contributed by atoms with Crippen molar-refractivity contribution in [2.24, 2.45) is 0 Å². The number of aliphatic hydroxyl groups excluding tert-OH is 1. The van der Waals surface area contributed by atoms with Gasteiger partial charge in [-0.1, -0.05) is 30.3 Å². The second-order valence-electron chi connectivity index (χ2n) is 5.38. The van der Waals surface area contributed by atoms with E-state index in [2.05, 4.69) is 32.0 Å². The molecule has 2 rings (SSSR count).